The first-order chi connectivity index (χ1) is 9.06. The molecule has 1 rings (SSSR count). The molecule has 0 bridgehead atoms. The molecule has 0 unspecified atom stereocenters. The van der Waals surface area contributed by atoms with Crippen LogP contribution in [0.25, 0.3) is 6.08 Å². The first-order valence-electron chi connectivity index (χ1n) is 5.78. The van der Waals surface area contributed by atoms with Gasteiger partial charge in [0.1, 0.15) is 5.82 Å². The van der Waals surface area contributed by atoms with Crippen LogP contribution in [0.4, 0.5) is 4.39 Å². The van der Waals surface area contributed by atoms with Crippen molar-refractivity contribution in [3.8, 4) is 0 Å². The summed E-state index contributed by atoms with van der Waals surface area (Å²) in [5.41, 5.74) is 0.600. The maximum Gasteiger partial charge on any atom is 0.337 e. The molecule has 0 aliphatic rings. The van der Waals surface area contributed by atoms with Crippen molar-refractivity contribution in [3.05, 3.63) is 41.2 Å². The molecule has 1 aromatic rings. The highest BCUT2D eigenvalue weighted by Gasteiger charge is 2.07. The zero-order valence-electron chi connectivity index (χ0n) is 10.8. The number of benzene rings is 1. The highest BCUT2D eigenvalue weighted by molar-refractivity contribution is 5.90. The van der Waals surface area contributed by atoms with E-state index in [4.69, 9.17) is 4.74 Å². The van der Waals surface area contributed by atoms with Crippen LogP contribution in [0.2, 0.25) is 0 Å². The summed E-state index contributed by atoms with van der Waals surface area (Å²) >= 11 is 0. The molecule has 0 radical (unpaired) electrons. The summed E-state index contributed by atoms with van der Waals surface area (Å²) in [5, 5.41) is 0. The lowest BCUT2D eigenvalue weighted by Gasteiger charge is -2.01. The number of methoxy groups -OCH3 is 1. The number of esters is 2. The molecule has 0 saturated carbocycles. The van der Waals surface area contributed by atoms with Gasteiger partial charge in [0.25, 0.3) is 0 Å². The fourth-order valence-electron chi connectivity index (χ4n) is 1.46. The van der Waals surface area contributed by atoms with Gasteiger partial charge in [0, 0.05) is 0 Å². The second-order valence-corrected chi connectivity index (χ2v) is 3.68. The molecule has 0 aliphatic heterocycles. The third-order valence-electron chi connectivity index (χ3n) is 2.24. The van der Waals surface area contributed by atoms with Gasteiger partial charge in [-0.1, -0.05) is 12.2 Å². The van der Waals surface area contributed by atoms with Crippen LogP contribution in [-0.4, -0.2) is 25.7 Å². The van der Waals surface area contributed by atoms with Crippen LogP contribution in [0.3, 0.4) is 0 Å². The van der Waals surface area contributed by atoms with E-state index in [1.165, 1.54) is 19.2 Å². The van der Waals surface area contributed by atoms with Gasteiger partial charge >= 0.3 is 11.9 Å². The van der Waals surface area contributed by atoms with Gasteiger partial charge in [-0.15, -0.1) is 0 Å². The Morgan fingerprint density at radius 2 is 2.05 bits per heavy atom. The fourth-order valence-corrected chi connectivity index (χ4v) is 1.46. The molecule has 1 aromatic carbocycles. The largest absolute Gasteiger partial charge is 0.466 e. The zero-order valence-corrected chi connectivity index (χ0v) is 10.8. The summed E-state index contributed by atoms with van der Waals surface area (Å²) < 4.78 is 22.6. The van der Waals surface area contributed by atoms with E-state index in [2.05, 4.69) is 4.74 Å². The monoisotopic (exact) mass is 266 g/mol. The highest BCUT2D eigenvalue weighted by atomic mass is 19.1. The minimum absolute atomic E-state index is 0.0951. The van der Waals surface area contributed by atoms with Crippen molar-refractivity contribution in [2.24, 2.45) is 0 Å². The van der Waals surface area contributed by atoms with Gasteiger partial charge in [-0.05, 0) is 30.7 Å². The normalized spacial score (nSPS) is 10.5. The number of hydrogen-bond donors (Lipinski definition) is 0. The summed E-state index contributed by atoms with van der Waals surface area (Å²) in [5.74, 6) is -1.51. The van der Waals surface area contributed by atoms with Crippen LogP contribution in [0.15, 0.2) is 24.3 Å². The molecule has 102 valence electrons. The van der Waals surface area contributed by atoms with Crippen LogP contribution in [-0.2, 0) is 14.3 Å². The van der Waals surface area contributed by atoms with E-state index >= 15 is 0 Å². The highest BCUT2D eigenvalue weighted by Crippen LogP contribution is 2.12. The molecule has 19 heavy (non-hydrogen) atoms. The van der Waals surface area contributed by atoms with Crippen molar-refractivity contribution in [3.63, 3.8) is 0 Å². The van der Waals surface area contributed by atoms with Gasteiger partial charge in [-0.3, -0.25) is 4.79 Å². The van der Waals surface area contributed by atoms with Crippen molar-refractivity contribution in [2.75, 3.05) is 13.7 Å². The summed E-state index contributed by atoms with van der Waals surface area (Å²) in [6.07, 6.45) is 3.19. The van der Waals surface area contributed by atoms with Crippen LogP contribution >= 0.6 is 0 Å². The zero-order chi connectivity index (χ0) is 14.3. The van der Waals surface area contributed by atoms with E-state index in [0.29, 0.717) is 12.2 Å². The molecule has 5 heteroatoms. The van der Waals surface area contributed by atoms with Crippen LogP contribution in [0.5, 0.6) is 0 Å². The van der Waals surface area contributed by atoms with Crippen molar-refractivity contribution in [2.45, 2.75) is 13.3 Å². The molecular weight excluding hydrogens is 251 g/mol. The van der Waals surface area contributed by atoms with E-state index in [1.54, 1.807) is 19.1 Å². The van der Waals surface area contributed by atoms with Crippen LogP contribution < -0.4 is 0 Å². The average Bonchev–Trinajstić information content (AvgIpc) is 2.37. The van der Waals surface area contributed by atoms with Crippen molar-refractivity contribution >= 4 is 18.0 Å². The Kier molecular flexibility index (Phi) is 5.73. The lowest BCUT2D eigenvalue weighted by molar-refractivity contribution is -0.142. The predicted molar refractivity (Wildman–Crippen MR) is 68.0 cm³/mol. The number of halogens is 1. The Labute approximate surface area is 110 Å². The Bertz CT molecular complexity index is 494. The van der Waals surface area contributed by atoms with Crippen molar-refractivity contribution < 1.29 is 23.5 Å². The van der Waals surface area contributed by atoms with Gasteiger partial charge in [-0.25, -0.2) is 9.18 Å². The fraction of sp³-hybridized carbons (Fsp3) is 0.286. The second-order valence-electron chi connectivity index (χ2n) is 3.68. The van der Waals surface area contributed by atoms with Gasteiger partial charge in [-0.2, -0.15) is 0 Å². The van der Waals surface area contributed by atoms with E-state index in [9.17, 15) is 14.0 Å². The SMILES string of the molecule is CCOC(=O)CC=Cc1cc(F)cc(C(=O)OC)c1. The quantitative estimate of drug-likeness (QED) is 0.769. The molecule has 0 saturated heterocycles. The topological polar surface area (TPSA) is 52.6 Å². The second kappa shape index (κ2) is 7.31. The third-order valence-corrected chi connectivity index (χ3v) is 2.24. The van der Waals surface area contributed by atoms with E-state index < -0.39 is 11.8 Å². The average molecular weight is 266 g/mol. The maximum absolute atomic E-state index is 13.3. The molecule has 0 fully saturated rings. The Morgan fingerprint density at radius 1 is 1.32 bits per heavy atom. The Morgan fingerprint density at radius 3 is 2.68 bits per heavy atom. The van der Waals surface area contributed by atoms with E-state index in [0.717, 1.165) is 6.07 Å². The smallest absolute Gasteiger partial charge is 0.337 e. The molecule has 0 heterocycles. The van der Waals surface area contributed by atoms with Gasteiger partial charge in [0.2, 0.25) is 0 Å². The third kappa shape index (κ3) is 4.91. The summed E-state index contributed by atoms with van der Waals surface area (Å²) in [6, 6.07) is 3.83. The molecule has 0 aliphatic carbocycles. The minimum atomic E-state index is -0.612. The van der Waals surface area contributed by atoms with Crippen LogP contribution in [0.1, 0.15) is 29.3 Å². The van der Waals surface area contributed by atoms with Crippen LogP contribution in [0, 0.1) is 5.82 Å². The molecule has 0 aromatic heterocycles. The summed E-state index contributed by atoms with van der Waals surface area (Å²) in [4.78, 5) is 22.4. The Hall–Kier alpha value is -2.17. The van der Waals surface area contributed by atoms with Gasteiger partial charge in [0.15, 0.2) is 0 Å². The first kappa shape index (κ1) is 14.9. The molecule has 0 spiro atoms. The number of ether oxygens (including phenoxy) is 2. The van der Waals surface area contributed by atoms with Gasteiger partial charge in [0.05, 0.1) is 25.7 Å². The molecule has 4 nitrogen and oxygen atoms in total. The van der Waals surface area contributed by atoms with E-state index in [-0.39, 0.29) is 18.0 Å². The molecule has 0 N–H and O–H groups in total. The maximum atomic E-state index is 13.3. The molecule has 0 atom stereocenters. The van der Waals surface area contributed by atoms with E-state index in [1.807, 2.05) is 0 Å². The Balaban J connectivity index is 2.78. The lowest BCUT2D eigenvalue weighted by atomic mass is 10.1. The van der Waals surface area contributed by atoms with Crippen molar-refractivity contribution in [1.82, 2.24) is 0 Å². The summed E-state index contributed by atoms with van der Waals surface area (Å²) in [6.45, 7) is 2.04. The number of rotatable bonds is 5. The number of carbonyl (C=O) groups is 2. The molecular formula is C14H15FO4. The lowest BCUT2D eigenvalue weighted by Crippen LogP contribution is -2.02. The first-order valence-corrected chi connectivity index (χ1v) is 5.78. The molecule has 0 amide bonds. The predicted octanol–water partition coefficient (Wildman–Crippen LogP) is 2.58. The minimum Gasteiger partial charge on any atom is -0.466 e. The van der Waals surface area contributed by atoms with Crippen molar-refractivity contribution in [1.29, 1.82) is 0 Å². The number of hydrogen-bond acceptors (Lipinski definition) is 4. The standard InChI is InChI=1S/C14H15FO4/c1-3-19-13(16)6-4-5-10-7-11(14(17)18-2)9-12(15)8-10/h4-5,7-9H,3,6H2,1-2H3. The van der Waals surface area contributed by atoms with Gasteiger partial charge < -0.3 is 9.47 Å². The summed E-state index contributed by atoms with van der Waals surface area (Å²) in [7, 11) is 1.23. The number of carbonyl (C=O) groups excluding carboxylic acids is 2.